The molecule has 0 nitrogen and oxygen atoms in total. The summed E-state index contributed by atoms with van der Waals surface area (Å²) in [7, 11) is 0. The molecule has 3 rings (SSSR count). The van der Waals surface area contributed by atoms with E-state index in [2.05, 4.69) is 199 Å². The first kappa shape index (κ1) is 48.2. The summed E-state index contributed by atoms with van der Waals surface area (Å²) in [6, 6.07) is 0. The van der Waals surface area contributed by atoms with E-state index in [4.69, 9.17) is 0 Å². The second-order valence-corrected chi connectivity index (χ2v) is 26.8. The van der Waals surface area contributed by atoms with Crippen LogP contribution in [0.5, 0.6) is 0 Å². The van der Waals surface area contributed by atoms with Crippen LogP contribution < -0.4 is 0 Å². The Kier molecular flexibility index (Phi) is 14.6. The van der Waals surface area contributed by atoms with Crippen molar-refractivity contribution in [2.45, 2.75) is 213 Å². The number of rotatable bonds is 0. The Morgan fingerprint density at radius 1 is 0.373 bits per heavy atom. The molecular weight excluding hydrogens is 613 g/mol. The minimum absolute atomic E-state index is 0.265. The molecule has 0 aromatic rings. The molecule has 51 heavy (non-hydrogen) atoms. The largest absolute Gasteiger partial charge is 0.0648 e. The third-order valence-corrected chi connectivity index (χ3v) is 12.7. The Bertz CT molecular complexity index is 1170. The lowest BCUT2D eigenvalue weighted by atomic mass is 9.59. The first-order valence-electron chi connectivity index (χ1n) is 21.2. The maximum atomic E-state index is 2.44. The third-order valence-electron chi connectivity index (χ3n) is 12.7. The van der Waals surface area contributed by atoms with Gasteiger partial charge in [-0.2, -0.15) is 0 Å². The van der Waals surface area contributed by atoms with E-state index in [0.29, 0.717) is 43.8 Å². The van der Waals surface area contributed by atoms with Crippen molar-refractivity contribution in [2.75, 3.05) is 0 Å². The van der Waals surface area contributed by atoms with Gasteiger partial charge in [0.2, 0.25) is 0 Å². The first-order chi connectivity index (χ1) is 22.0. The zero-order valence-corrected chi connectivity index (χ0v) is 40.4. The Balaban J connectivity index is 0.000000382. The highest BCUT2D eigenvalue weighted by molar-refractivity contribution is 5.41. The topological polar surface area (TPSA) is 0 Å². The Morgan fingerprint density at radius 2 is 0.725 bits per heavy atom. The summed E-state index contributed by atoms with van der Waals surface area (Å²) in [5, 5.41) is 0. The van der Waals surface area contributed by atoms with Gasteiger partial charge in [-0.15, -0.1) is 0 Å². The number of hydrogen-bond acceptors (Lipinski definition) is 0. The van der Waals surface area contributed by atoms with E-state index < -0.39 is 0 Å². The summed E-state index contributed by atoms with van der Waals surface area (Å²) in [6.07, 6.45) is 10.2. The van der Waals surface area contributed by atoms with Crippen molar-refractivity contribution in [1.29, 1.82) is 0 Å². The first-order valence-corrected chi connectivity index (χ1v) is 21.2. The highest BCUT2D eigenvalue weighted by Gasteiger charge is 2.50. The Hall–Kier alpha value is -0.780. The molecule has 1 fully saturated rings. The normalized spacial score (nSPS) is 24.9. The van der Waals surface area contributed by atoms with Crippen molar-refractivity contribution in [1.82, 2.24) is 0 Å². The zero-order valence-electron chi connectivity index (χ0n) is 40.4. The van der Waals surface area contributed by atoms with Crippen LogP contribution in [0.25, 0.3) is 0 Å². The smallest absolute Gasteiger partial charge is 0.00723 e. The molecule has 300 valence electrons. The molecule has 0 amide bonds. The molecule has 3 aliphatic carbocycles. The standard InChI is InChI=1S/C17H34.C17H32.C17H30/c3*1-15(2,3)12-10-11-13(16(4,5)6)14(12)17(7,8)9/h12-14H,10-11H2,1-9H3;12H,10-11H2,1-9H3;10-11,14H,1-9H3. The number of allylic oxidation sites excluding steroid dienone is 6. The quantitative estimate of drug-likeness (QED) is 0.220. The average Bonchev–Trinajstić information content (AvgIpc) is 3.58. The van der Waals surface area contributed by atoms with Gasteiger partial charge in [0, 0.05) is 5.92 Å². The monoisotopic (exact) mass is 709 g/mol. The molecule has 0 aromatic heterocycles. The van der Waals surface area contributed by atoms with Gasteiger partial charge in [0.15, 0.2) is 0 Å². The van der Waals surface area contributed by atoms with Crippen LogP contribution in [-0.2, 0) is 0 Å². The third kappa shape index (κ3) is 12.9. The van der Waals surface area contributed by atoms with Gasteiger partial charge in [-0.1, -0.05) is 221 Å². The fourth-order valence-corrected chi connectivity index (χ4v) is 10.4. The maximum absolute atomic E-state index is 2.44. The van der Waals surface area contributed by atoms with Crippen LogP contribution in [0, 0.1) is 78.3 Å². The highest BCUT2D eigenvalue weighted by Crippen LogP contribution is 2.58. The lowest BCUT2D eigenvalue weighted by molar-refractivity contribution is 0.0300. The van der Waals surface area contributed by atoms with Gasteiger partial charge in [0.05, 0.1) is 0 Å². The van der Waals surface area contributed by atoms with Crippen LogP contribution in [0.4, 0.5) is 0 Å². The van der Waals surface area contributed by atoms with Crippen LogP contribution in [0.1, 0.15) is 213 Å². The molecular formula is C51H96. The molecule has 0 saturated heterocycles. The fourth-order valence-electron chi connectivity index (χ4n) is 10.4. The van der Waals surface area contributed by atoms with Crippen molar-refractivity contribution in [3.8, 4) is 0 Å². The second kappa shape index (κ2) is 15.4. The highest BCUT2D eigenvalue weighted by atomic mass is 14.6. The van der Waals surface area contributed by atoms with E-state index in [1.807, 2.05) is 0 Å². The van der Waals surface area contributed by atoms with Gasteiger partial charge in [0.25, 0.3) is 0 Å². The van der Waals surface area contributed by atoms with Crippen molar-refractivity contribution in [3.63, 3.8) is 0 Å². The second-order valence-electron chi connectivity index (χ2n) is 26.8. The molecule has 0 aliphatic heterocycles. The van der Waals surface area contributed by atoms with Gasteiger partial charge in [-0.25, -0.2) is 0 Å². The van der Waals surface area contributed by atoms with Gasteiger partial charge < -0.3 is 0 Å². The molecule has 3 atom stereocenters. The lowest BCUT2D eigenvalue weighted by Gasteiger charge is -2.45. The SMILES string of the molecule is CC(C)(C)C1=C(C(C)(C)C)C(C(C)(C)C)CC1.CC(C)(C)C1=CC=C(C(C)(C)C)C1C(C)(C)C.CC(C)(C)C1CCC(C(C)(C)C)C1C(C)(C)C. The minimum atomic E-state index is 0.265. The van der Waals surface area contributed by atoms with Crippen molar-refractivity contribution >= 4 is 0 Å². The molecule has 0 spiro atoms. The van der Waals surface area contributed by atoms with E-state index in [1.165, 1.54) is 25.7 Å². The summed E-state index contributed by atoms with van der Waals surface area (Å²) >= 11 is 0. The molecule has 0 heterocycles. The lowest BCUT2D eigenvalue weighted by Crippen LogP contribution is -2.39. The Morgan fingerprint density at radius 3 is 0.941 bits per heavy atom. The molecule has 3 aliphatic rings. The molecule has 0 N–H and O–H groups in total. The summed E-state index contributed by atoms with van der Waals surface area (Å²) in [5.74, 6) is 3.97. The minimum Gasteiger partial charge on any atom is -0.0648 e. The van der Waals surface area contributed by atoms with E-state index in [-0.39, 0.29) is 10.8 Å². The fraction of sp³-hybridized carbons (Fsp3) is 0.882. The molecule has 0 aromatic carbocycles. The maximum Gasteiger partial charge on any atom is 0.00723 e. The van der Waals surface area contributed by atoms with Crippen molar-refractivity contribution < 1.29 is 0 Å². The van der Waals surface area contributed by atoms with Crippen LogP contribution in [0.2, 0.25) is 0 Å². The van der Waals surface area contributed by atoms with Crippen LogP contribution >= 0.6 is 0 Å². The number of hydrogen-bond donors (Lipinski definition) is 0. The predicted molar refractivity (Wildman–Crippen MR) is 234 cm³/mol. The summed E-state index contributed by atoms with van der Waals surface area (Å²) in [4.78, 5) is 0. The van der Waals surface area contributed by atoms with Crippen LogP contribution in [0.3, 0.4) is 0 Å². The van der Waals surface area contributed by atoms with Crippen molar-refractivity contribution in [2.24, 2.45) is 78.3 Å². The van der Waals surface area contributed by atoms with Crippen molar-refractivity contribution in [3.05, 3.63) is 34.4 Å². The van der Waals surface area contributed by atoms with Crippen LogP contribution in [0.15, 0.2) is 34.4 Å². The van der Waals surface area contributed by atoms with Gasteiger partial charge in [-0.05, 0) is 98.1 Å². The zero-order chi connectivity index (χ0) is 40.9. The van der Waals surface area contributed by atoms with Gasteiger partial charge in [0.1, 0.15) is 0 Å². The van der Waals surface area contributed by atoms with E-state index >= 15 is 0 Å². The predicted octanol–water partition coefficient (Wildman–Crippen LogP) is 17.2. The molecule has 0 radical (unpaired) electrons. The van der Waals surface area contributed by atoms with E-state index in [1.54, 1.807) is 22.3 Å². The molecule has 3 unspecified atom stereocenters. The Labute approximate surface area is 324 Å². The van der Waals surface area contributed by atoms with Crippen LogP contribution in [-0.4, -0.2) is 0 Å². The van der Waals surface area contributed by atoms with Gasteiger partial charge >= 0.3 is 0 Å². The van der Waals surface area contributed by atoms with Gasteiger partial charge in [-0.3, -0.25) is 0 Å². The summed E-state index contributed by atoms with van der Waals surface area (Å²) in [6.45, 7) is 64.5. The van der Waals surface area contributed by atoms with E-state index in [9.17, 15) is 0 Å². The molecule has 0 heteroatoms. The summed E-state index contributed by atoms with van der Waals surface area (Å²) in [5.41, 5.74) is 9.89. The molecule has 1 saturated carbocycles. The summed E-state index contributed by atoms with van der Waals surface area (Å²) < 4.78 is 0. The molecule has 0 bridgehead atoms. The average molecular weight is 709 g/mol. The van der Waals surface area contributed by atoms with E-state index in [0.717, 1.165) is 23.7 Å².